The number of hydrogen-bond acceptors (Lipinski definition) is 5. The van der Waals surface area contributed by atoms with E-state index in [1.54, 1.807) is 0 Å². The van der Waals surface area contributed by atoms with Crippen LogP contribution in [0.1, 0.15) is 29.6 Å². The third kappa shape index (κ3) is 5.28. The van der Waals surface area contributed by atoms with E-state index in [9.17, 15) is 4.79 Å². The van der Waals surface area contributed by atoms with Crippen LogP contribution < -0.4 is 15.4 Å². The minimum atomic E-state index is 0.0510. The summed E-state index contributed by atoms with van der Waals surface area (Å²) < 4.78 is 5.74. The van der Waals surface area contributed by atoms with Crippen molar-refractivity contribution in [2.75, 3.05) is 13.1 Å². The second-order valence-electron chi connectivity index (χ2n) is 6.66. The number of carbonyl (C=O) groups excluding carboxylic acids is 1. The maximum absolute atomic E-state index is 12.2. The highest BCUT2D eigenvalue weighted by Crippen LogP contribution is 2.17. The molecule has 3 rings (SSSR count). The Balaban J connectivity index is 1.47. The Morgan fingerprint density at radius 3 is 2.96 bits per heavy atom. The summed E-state index contributed by atoms with van der Waals surface area (Å²) in [4.78, 5) is 16.8. The first-order chi connectivity index (χ1) is 12.1. The molecule has 1 aromatic heterocycles. The zero-order valence-corrected chi connectivity index (χ0v) is 15.6. The Bertz CT molecular complexity index is 699. The molecule has 0 bridgehead atoms. The molecule has 1 fully saturated rings. The fraction of sp³-hybridized carbons (Fsp3) is 0.474. The van der Waals surface area contributed by atoms with Crippen molar-refractivity contribution >= 4 is 17.2 Å². The van der Waals surface area contributed by atoms with E-state index in [0.717, 1.165) is 36.0 Å². The minimum Gasteiger partial charge on any atom is -0.486 e. The van der Waals surface area contributed by atoms with E-state index in [-0.39, 0.29) is 11.9 Å². The van der Waals surface area contributed by atoms with Gasteiger partial charge in [-0.1, -0.05) is 24.6 Å². The van der Waals surface area contributed by atoms with Gasteiger partial charge in [-0.25, -0.2) is 4.98 Å². The largest absolute Gasteiger partial charge is 0.486 e. The second-order valence-corrected chi connectivity index (χ2v) is 7.60. The standard InChI is InChI=1S/C19H25N3O2S/c1-13-3-5-16(6-4-13)24-11-19-21-15(12-25-19)9-18(23)22-17-7-8-20-10-14(17)2/h3-6,12,14,17,20H,7-11H2,1-2H3,(H,22,23). The molecule has 25 heavy (non-hydrogen) atoms. The number of aryl methyl sites for hydroxylation is 1. The van der Waals surface area contributed by atoms with Gasteiger partial charge in [0, 0.05) is 11.4 Å². The zero-order chi connectivity index (χ0) is 17.6. The number of nitrogens with one attached hydrogen (secondary N) is 2. The van der Waals surface area contributed by atoms with Gasteiger partial charge in [0.1, 0.15) is 17.4 Å². The topological polar surface area (TPSA) is 63.2 Å². The summed E-state index contributed by atoms with van der Waals surface area (Å²) in [6.07, 6.45) is 1.32. The van der Waals surface area contributed by atoms with Crippen LogP contribution in [-0.2, 0) is 17.8 Å². The van der Waals surface area contributed by atoms with Gasteiger partial charge in [-0.15, -0.1) is 11.3 Å². The summed E-state index contributed by atoms with van der Waals surface area (Å²) in [7, 11) is 0. The number of ether oxygens (including phenoxy) is 1. The number of amides is 1. The van der Waals surface area contributed by atoms with E-state index in [0.29, 0.717) is 18.9 Å². The Morgan fingerprint density at radius 1 is 1.40 bits per heavy atom. The summed E-state index contributed by atoms with van der Waals surface area (Å²) in [5, 5.41) is 9.32. The van der Waals surface area contributed by atoms with Crippen LogP contribution in [0, 0.1) is 12.8 Å². The third-order valence-electron chi connectivity index (χ3n) is 4.46. The van der Waals surface area contributed by atoms with Gasteiger partial charge in [-0.3, -0.25) is 4.79 Å². The normalized spacial score (nSPS) is 20.2. The molecule has 1 aliphatic rings. The summed E-state index contributed by atoms with van der Waals surface area (Å²) in [6.45, 7) is 6.57. The highest BCUT2D eigenvalue weighted by atomic mass is 32.1. The lowest BCUT2D eigenvalue weighted by Crippen LogP contribution is -2.48. The number of carbonyl (C=O) groups is 1. The summed E-state index contributed by atoms with van der Waals surface area (Å²) in [5.41, 5.74) is 2.02. The van der Waals surface area contributed by atoms with Crippen LogP contribution in [0.25, 0.3) is 0 Å². The van der Waals surface area contributed by atoms with E-state index < -0.39 is 0 Å². The Labute approximate surface area is 152 Å². The molecular weight excluding hydrogens is 334 g/mol. The molecule has 1 saturated heterocycles. The first-order valence-corrected chi connectivity index (χ1v) is 9.61. The number of nitrogens with zero attached hydrogens (tertiary/aromatic N) is 1. The average molecular weight is 359 g/mol. The molecule has 0 aliphatic carbocycles. The van der Waals surface area contributed by atoms with E-state index >= 15 is 0 Å². The minimum absolute atomic E-state index is 0.0510. The fourth-order valence-corrected chi connectivity index (χ4v) is 3.63. The van der Waals surface area contributed by atoms with E-state index in [4.69, 9.17) is 4.74 Å². The predicted octanol–water partition coefficient (Wildman–Crippen LogP) is 2.69. The number of hydrogen-bond donors (Lipinski definition) is 2. The molecule has 0 radical (unpaired) electrons. The van der Waals surface area contributed by atoms with Crippen molar-refractivity contribution in [3.05, 3.63) is 45.9 Å². The summed E-state index contributed by atoms with van der Waals surface area (Å²) in [6, 6.07) is 8.22. The Morgan fingerprint density at radius 2 is 2.20 bits per heavy atom. The van der Waals surface area contributed by atoms with Crippen LogP contribution >= 0.6 is 11.3 Å². The van der Waals surface area contributed by atoms with Gasteiger partial charge < -0.3 is 15.4 Å². The van der Waals surface area contributed by atoms with Gasteiger partial charge in [0.05, 0.1) is 12.1 Å². The molecule has 2 N–H and O–H groups in total. The van der Waals surface area contributed by atoms with Crippen molar-refractivity contribution in [1.82, 2.24) is 15.6 Å². The average Bonchev–Trinajstić information content (AvgIpc) is 3.04. The smallest absolute Gasteiger partial charge is 0.226 e. The Hall–Kier alpha value is -1.92. The van der Waals surface area contributed by atoms with Gasteiger partial charge in [-0.2, -0.15) is 0 Å². The van der Waals surface area contributed by atoms with Crippen molar-refractivity contribution in [3.8, 4) is 5.75 Å². The predicted molar refractivity (Wildman–Crippen MR) is 99.9 cm³/mol. The number of benzene rings is 1. The number of rotatable bonds is 6. The first kappa shape index (κ1) is 17.9. The van der Waals surface area contributed by atoms with Crippen LogP contribution in [0.4, 0.5) is 0 Å². The highest BCUT2D eigenvalue weighted by molar-refractivity contribution is 7.09. The quantitative estimate of drug-likeness (QED) is 0.832. The van der Waals surface area contributed by atoms with E-state index in [1.165, 1.54) is 16.9 Å². The Kier molecular flexibility index (Phi) is 6.04. The fourth-order valence-electron chi connectivity index (χ4n) is 2.93. The van der Waals surface area contributed by atoms with Gasteiger partial charge >= 0.3 is 0 Å². The van der Waals surface area contributed by atoms with Gasteiger partial charge in [0.2, 0.25) is 5.91 Å². The third-order valence-corrected chi connectivity index (χ3v) is 5.33. The van der Waals surface area contributed by atoms with Crippen molar-refractivity contribution < 1.29 is 9.53 Å². The van der Waals surface area contributed by atoms with Crippen LogP contribution in [0.5, 0.6) is 5.75 Å². The van der Waals surface area contributed by atoms with Crippen molar-refractivity contribution in [2.45, 2.75) is 39.3 Å². The second kappa shape index (κ2) is 8.45. The lowest BCUT2D eigenvalue weighted by atomic mass is 9.95. The lowest BCUT2D eigenvalue weighted by Gasteiger charge is -2.30. The molecule has 5 nitrogen and oxygen atoms in total. The van der Waals surface area contributed by atoms with E-state index in [1.807, 2.05) is 36.6 Å². The summed E-state index contributed by atoms with van der Waals surface area (Å²) >= 11 is 1.53. The SMILES string of the molecule is Cc1ccc(OCc2nc(CC(=O)NC3CCNCC3C)cs2)cc1. The van der Waals surface area contributed by atoms with Crippen LogP contribution in [0.2, 0.25) is 0 Å². The van der Waals surface area contributed by atoms with Crippen LogP contribution in [0.3, 0.4) is 0 Å². The van der Waals surface area contributed by atoms with Crippen molar-refractivity contribution in [3.63, 3.8) is 0 Å². The molecular formula is C19H25N3O2S. The molecule has 1 amide bonds. The molecule has 6 heteroatoms. The van der Waals surface area contributed by atoms with E-state index in [2.05, 4.69) is 22.5 Å². The van der Waals surface area contributed by atoms with Crippen molar-refractivity contribution in [1.29, 1.82) is 0 Å². The maximum atomic E-state index is 12.2. The molecule has 0 spiro atoms. The number of thiazole rings is 1. The molecule has 2 atom stereocenters. The molecule has 0 saturated carbocycles. The molecule has 2 unspecified atom stereocenters. The van der Waals surface area contributed by atoms with Gasteiger partial charge in [0.25, 0.3) is 0 Å². The number of piperidine rings is 1. The molecule has 1 aromatic carbocycles. The first-order valence-electron chi connectivity index (χ1n) is 8.73. The molecule has 2 heterocycles. The monoisotopic (exact) mass is 359 g/mol. The maximum Gasteiger partial charge on any atom is 0.226 e. The molecule has 1 aliphatic heterocycles. The van der Waals surface area contributed by atoms with Crippen LogP contribution in [0.15, 0.2) is 29.6 Å². The molecule has 2 aromatic rings. The highest BCUT2D eigenvalue weighted by Gasteiger charge is 2.22. The van der Waals surface area contributed by atoms with Gasteiger partial charge in [-0.05, 0) is 44.5 Å². The summed E-state index contributed by atoms with van der Waals surface area (Å²) in [5.74, 6) is 1.35. The number of aromatic nitrogens is 1. The van der Waals surface area contributed by atoms with Crippen molar-refractivity contribution in [2.24, 2.45) is 5.92 Å². The molecule has 134 valence electrons. The lowest BCUT2D eigenvalue weighted by molar-refractivity contribution is -0.121. The van der Waals surface area contributed by atoms with Crippen LogP contribution in [-0.4, -0.2) is 30.0 Å². The van der Waals surface area contributed by atoms with Gasteiger partial charge in [0.15, 0.2) is 0 Å². The zero-order valence-electron chi connectivity index (χ0n) is 14.7.